The number of hydrogen-bond acceptors (Lipinski definition) is 4. The maximum absolute atomic E-state index is 14.5. The van der Waals surface area contributed by atoms with Gasteiger partial charge in [-0.3, -0.25) is 14.4 Å². The molecule has 3 N–H and O–H groups in total. The zero-order valence-corrected chi connectivity index (χ0v) is 26.2. The number of halogens is 2. The van der Waals surface area contributed by atoms with E-state index < -0.39 is 22.9 Å². The van der Waals surface area contributed by atoms with E-state index in [1.54, 1.807) is 84.9 Å². The second kappa shape index (κ2) is 15.2. The van der Waals surface area contributed by atoms with Gasteiger partial charge in [-0.1, -0.05) is 84.4 Å². The van der Waals surface area contributed by atoms with E-state index >= 15 is 0 Å². The molecule has 1 unspecified atom stereocenters. The van der Waals surface area contributed by atoms with Crippen LogP contribution in [0, 0.1) is 12.7 Å². The fourth-order valence-electron chi connectivity index (χ4n) is 4.48. The number of rotatable bonds is 10. The first-order valence-electron chi connectivity index (χ1n) is 14.3. The highest BCUT2D eigenvalue weighted by Crippen LogP contribution is 2.37. The summed E-state index contributed by atoms with van der Waals surface area (Å²) >= 11 is 7.62. The molecule has 0 saturated heterocycles. The Hall–Kier alpha value is -5.18. The molecule has 230 valence electrons. The lowest BCUT2D eigenvalue weighted by atomic mass is 10.1. The van der Waals surface area contributed by atoms with Gasteiger partial charge in [0.05, 0.1) is 0 Å². The first kappa shape index (κ1) is 32.2. The van der Waals surface area contributed by atoms with Crippen molar-refractivity contribution in [2.24, 2.45) is 0 Å². The Morgan fingerprint density at radius 1 is 0.761 bits per heavy atom. The number of nitrogens with one attached hydrogen (secondary N) is 3. The van der Waals surface area contributed by atoms with Crippen LogP contribution in [0.4, 0.5) is 15.8 Å². The number of thioether (sulfide) groups is 1. The second-order valence-electron chi connectivity index (χ2n) is 10.2. The van der Waals surface area contributed by atoms with Gasteiger partial charge in [-0.05, 0) is 78.7 Å². The van der Waals surface area contributed by atoms with E-state index in [1.807, 2.05) is 37.3 Å². The SMILES string of the molecule is Cc1c(Cl)cccc1NC(=O)C(Sc1ccc(NC(=O)/C(=C/c2ccccc2F)NC(=O)c2ccccc2)cc1)c1ccccc1. The second-order valence-corrected chi connectivity index (χ2v) is 11.8. The van der Waals surface area contributed by atoms with Gasteiger partial charge in [0, 0.05) is 32.4 Å². The van der Waals surface area contributed by atoms with Gasteiger partial charge in [0.15, 0.2) is 0 Å². The van der Waals surface area contributed by atoms with Gasteiger partial charge in [-0.25, -0.2) is 4.39 Å². The molecule has 46 heavy (non-hydrogen) atoms. The summed E-state index contributed by atoms with van der Waals surface area (Å²) < 4.78 is 14.5. The van der Waals surface area contributed by atoms with E-state index in [-0.39, 0.29) is 17.2 Å². The van der Waals surface area contributed by atoms with Crippen molar-refractivity contribution in [1.82, 2.24) is 5.32 Å². The molecule has 5 aromatic rings. The summed E-state index contributed by atoms with van der Waals surface area (Å²) in [6.07, 6.45) is 1.29. The summed E-state index contributed by atoms with van der Waals surface area (Å²) in [5.74, 6) is -1.89. The molecule has 9 heteroatoms. The van der Waals surface area contributed by atoms with Crippen molar-refractivity contribution < 1.29 is 18.8 Å². The van der Waals surface area contributed by atoms with Crippen LogP contribution in [0.2, 0.25) is 5.02 Å². The maximum atomic E-state index is 14.5. The monoisotopic (exact) mass is 649 g/mol. The molecule has 5 aromatic carbocycles. The van der Waals surface area contributed by atoms with E-state index in [2.05, 4.69) is 16.0 Å². The smallest absolute Gasteiger partial charge is 0.272 e. The van der Waals surface area contributed by atoms with Gasteiger partial charge < -0.3 is 16.0 Å². The topological polar surface area (TPSA) is 87.3 Å². The Balaban J connectivity index is 1.34. The van der Waals surface area contributed by atoms with Crippen LogP contribution in [0.1, 0.15) is 32.3 Å². The van der Waals surface area contributed by atoms with Crippen molar-refractivity contribution in [3.8, 4) is 0 Å². The highest BCUT2D eigenvalue weighted by molar-refractivity contribution is 8.00. The van der Waals surface area contributed by atoms with Crippen molar-refractivity contribution >= 4 is 58.5 Å². The molecular formula is C37H29ClFN3O3S. The molecule has 0 radical (unpaired) electrons. The van der Waals surface area contributed by atoms with Crippen LogP contribution in [0.5, 0.6) is 0 Å². The van der Waals surface area contributed by atoms with Gasteiger partial charge in [0.1, 0.15) is 16.8 Å². The number of carbonyl (C=O) groups is 3. The minimum Gasteiger partial charge on any atom is -0.325 e. The average Bonchev–Trinajstić information content (AvgIpc) is 3.07. The summed E-state index contributed by atoms with van der Waals surface area (Å²) in [7, 11) is 0. The third kappa shape index (κ3) is 8.29. The molecule has 0 heterocycles. The normalized spacial score (nSPS) is 11.8. The molecule has 0 aliphatic carbocycles. The van der Waals surface area contributed by atoms with Crippen LogP contribution in [0.15, 0.2) is 138 Å². The van der Waals surface area contributed by atoms with Gasteiger partial charge >= 0.3 is 0 Å². The summed E-state index contributed by atoms with van der Waals surface area (Å²) in [4.78, 5) is 40.6. The standard InChI is InChI=1S/C37H29ClFN3O3S/c1-24-30(38)16-10-18-32(24)41-37(45)34(25-11-4-2-5-12-25)46-29-21-19-28(20-22-29)40-36(44)33(23-27-15-8-9-17-31(27)39)42-35(43)26-13-6-3-7-14-26/h2-23,34H,1H3,(H,40,44)(H,41,45)(H,42,43)/b33-23-. The third-order valence-electron chi connectivity index (χ3n) is 6.97. The Labute approximate surface area is 275 Å². The van der Waals surface area contributed by atoms with Crippen molar-refractivity contribution in [1.29, 1.82) is 0 Å². The molecule has 0 aliphatic heterocycles. The van der Waals surface area contributed by atoms with Gasteiger partial charge in [-0.15, -0.1) is 11.8 Å². The third-order valence-corrected chi connectivity index (χ3v) is 8.64. The van der Waals surface area contributed by atoms with E-state index in [1.165, 1.54) is 30.0 Å². The van der Waals surface area contributed by atoms with Crippen molar-refractivity contribution in [3.05, 3.63) is 166 Å². The number of benzene rings is 5. The predicted molar refractivity (Wildman–Crippen MR) is 183 cm³/mol. The zero-order valence-electron chi connectivity index (χ0n) is 24.7. The molecule has 0 bridgehead atoms. The van der Waals surface area contributed by atoms with Crippen LogP contribution in [0.25, 0.3) is 6.08 Å². The van der Waals surface area contributed by atoms with E-state index in [9.17, 15) is 18.8 Å². The van der Waals surface area contributed by atoms with Crippen LogP contribution < -0.4 is 16.0 Å². The first-order valence-corrected chi connectivity index (χ1v) is 15.6. The molecule has 5 rings (SSSR count). The molecule has 1 atom stereocenters. The van der Waals surface area contributed by atoms with Crippen LogP contribution in [-0.2, 0) is 9.59 Å². The number of amides is 3. The number of hydrogen-bond donors (Lipinski definition) is 3. The Bertz CT molecular complexity index is 1880. The lowest BCUT2D eigenvalue weighted by Gasteiger charge is -2.18. The Kier molecular flexibility index (Phi) is 10.7. The Morgan fingerprint density at radius 2 is 1.41 bits per heavy atom. The fourth-order valence-corrected chi connectivity index (χ4v) is 5.68. The quantitative estimate of drug-likeness (QED) is 0.104. The molecule has 0 aromatic heterocycles. The Morgan fingerprint density at radius 3 is 2.11 bits per heavy atom. The van der Waals surface area contributed by atoms with Gasteiger partial charge in [0.2, 0.25) is 5.91 Å². The first-order chi connectivity index (χ1) is 22.3. The lowest BCUT2D eigenvalue weighted by Crippen LogP contribution is -2.30. The maximum Gasteiger partial charge on any atom is 0.272 e. The summed E-state index contributed by atoms with van der Waals surface area (Å²) in [5.41, 5.74) is 3.03. The van der Waals surface area contributed by atoms with Crippen LogP contribution >= 0.6 is 23.4 Å². The van der Waals surface area contributed by atoms with E-state index in [4.69, 9.17) is 11.6 Å². The number of anilines is 2. The predicted octanol–water partition coefficient (Wildman–Crippen LogP) is 8.67. The average molecular weight is 650 g/mol. The molecule has 0 fully saturated rings. The molecule has 0 aliphatic rings. The van der Waals surface area contributed by atoms with E-state index in [0.29, 0.717) is 22.0 Å². The highest BCUT2D eigenvalue weighted by Gasteiger charge is 2.23. The van der Waals surface area contributed by atoms with Crippen molar-refractivity contribution in [3.63, 3.8) is 0 Å². The summed E-state index contributed by atoms with van der Waals surface area (Å²) in [6.45, 7) is 1.85. The molecule has 3 amide bonds. The van der Waals surface area contributed by atoms with E-state index in [0.717, 1.165) is 16.0 Å². The van der Waals surface area contributed by atoms with Crippen LogP contribution in [-0.4, -0.2) is 17.7 Å². The molecule has 6 nitrogen and oxygen atoms in total. The van der Waals surface area contributed by atoms with Crippen LogP contribution in [0.3, 0.4) is 0 Å². The molecule has 0 saturated carbocycles. The summed E-state index contributed by atoms with van der Waals surface area (Å²) in [6, 6.07) is 36.1. The largest absolute Gasteiger partial charge is 0.325 e. The van der Waals surface area contributed by atoms with Crippen molar-refractivity contribution in [2.45, 2.75) is 17.1 Å². The highest BCUT2D eigenvalue weighted by atomic mass is 35.5. The van der Waals surface area contributed by atoms with Gasteiger partial charge in [0.25, 0.3) is 11.8 Å². The minimum absolute atomic E-state index is 0.130. The summed E-state index contributed by atoms with van der Waals surface area (Å²) in [5, 5.41) is 8.37. The lowest BCUT2D eigenvalue weighted by molar-refractivity contribution is -0.116. The fraction of sp³-hybridized carbons (Fsp3) is 0.0541. The number of carbonyl (C=O) groups excluding carboxylic acids is 3. The zero-order chi connectivity index (χ0) is 32.5. The van der Waals surface area contributed by atoms with Crippen molar-refractivity contribution in [2.75, 3.05) is 10.6 Å². The molecule has 0 spiro atoms. The van der Waals surface area contributed by atoms with Gasteiger partial charge in [-0.2, -0.15) is 0 Å². The molecular weight excluding hydrogens is 621 g/mol. The minimum atomic E-state index is -0.633.